The molecule has 1 saturated heterocycles. The largest absolute Gasteiger partial charge is 0.353 e. The molecular weight excluding hydrogens is 408 g/mol. The van der Waals surface area contributed by atoms with E-state index in [0.717, 1.165) is 69.9 Å². The Kier molecular flexibility index (Phi) is 4.87. The van der Waals surface area contributed by atoms with E-state index in [1.807, 2.05) is 4.90 Å². The molecule has 2 aromatic rings. The summed E-state index contributed by atoms with van der Waals surface area (Å²) in [7, 11) is 0. The zero-order chi connectivity index (χ0) is 20.9. The average Bonchev–Trinajstić information content (AvgIpc) is 3.38. The smallest absolute Gasteiger partial charge is 0.257 e. The second-order valence-corrected chi connectivity index (χ2v) is 10.2. The van der Waals surface area contributed by atoms with Crippen molar-refractivity contribution in [3.63, 3.8) is 0 Å². The Morgan fingerprint density at radius 3 is 2.77 bits per heavy atom. The predicted molar refractivity (Wildman–Crippen MR) is 123 cm³/mol. The third-order valence-electron chi connectivity index (χ3n) is 7.27. The Balaban J connectivity index is 1.04. The molecule has 1 atom stereocenters. The lowest BCUT2D eigenvalue weighted by Crippen LogP contribution is -2.50. The van der Waals surface area contributed by atoms with E-state index in [2.05, 4.69) is 38.7 Å². The first kappa shape index (κ1) is 19.5. The van der Waals surface area contributed by atoms with Crippen molar-refractivity contribution in [1.82, 2.24) is 24.0 Å². The minimum Gasteiger partial charge on any atom is -0.353 e. The number of amides is 1. The van der Waals surface area contributed by atoms with E-state index in [1.54, 1.807) is 17.7 Å². The summed E-state index contributed by atoms with van der Waals surface area (Å²) in [5, 5.41) is 4.51. The van der Waals surface area contributed by atoms with E-state index in [-0.39, 0.29) is 5.91 Å². The van der Waals surface area contributed by atoms with Crippen molar-refractivity contribution in [2.45, 2.75) is 44.6 Å². The molecule has 2 aliphatic carbocycles. The molecule has 4 aliphatic rings. The van der Waals surface area contributed by atoms with E-state index in [9.17, 15) is 4.79 Å². The average molecular weight is 439 g/mol. The molecule has 164 valence electrons. The number of rotatable bonds is 5. The van der Waals surface area contributed by atoms with Crippen molar-refractivity contribution in [3.05, 3.63) is 34.0 Å². The number of hydrogen-bond donors (Lipinski definition) is 0. The fraction of sp³-hybridized carbons (Fsp3) is 0.609. The summed E-state index contributed by atoms with van der Waals surface area (Å²) >= 11 is 1.64. The van der Waals surface area contributed by atoms with Crippen molar-refractivity contribution in [1.29, 1.82) is 0 Å². The Bertz CT molecular complexity index is 1010. The predicted octanol–water partition coefficient (Wildman–Crippen LogP) is 3.02. The molecule has 4 heterocycles. The van der Waals surface area contributed by atoms with Gasteiger partial charge < -0.3 is 9.80 Å². The monoisotopic (exact) mass is 438 g/mol. The number of fused-ring (bicyclic) bond motifs is 2. The highest BCUT2D eigenvalue weighted by Crippen LogP contribution is 2.39. The van der Waals surface area contributed by atoms with Gasteiger partial charge in [0.25, 0.3) is 5.91 Å². The molecule has 0 bridgehead atoms. The van der Waals surface area contributed by atoms with E-state index in [0.29, 0.717) is 12.0 Å². The first-order valence-electron chi connectivity index (χ1n) is 11.7. The van der Waals surface area contributed by atoms with Crippen LogP contribution in [0.25, 0.3) is 6.08 Å². The molecule has 2 aromatic heterocycles. The molecule has 0 spiro atoms. The fourth-order valence-corrected chi connectivity index (χ4v) is 6.18. The Morgan fingerprint density at radius 1 is 1.13 bits per heavy atom. The second-order valence-electron chi connectivity index (χ2n) is 9.37. The molecule has 31 heavy (non-hydrogen) atoms. The maximum atomic E-state index is 13.0. The van der Waals surface area contributed by atoms with Crippen LogP contribution in [0.15, 0.2) is 12.3 Å². The van der Waals surface area contributed by atoms with Gasteiger partial charge in [0.15, 0.2) is 0 Å². The lowest BCUT2D eigenvalue weighted by Gasteiger charge is -2.37. The molecule has 1 unspecified atom stereocenters. The number of carbonyl (C=O) groups excluding carboxylic acids is 1. The Morgan fingerprint density at radius 2 is 1.97 bits per heavy atom. The number of allylic oxidation sites excluding steroid dienone is 1. The lowest BCUT2D eigenvalue weighted by atomic mass is 9.93. The van der Waals surface area contributed by atoms with Crippen LogP contribution in [0.3, 0.4) is 0 Å². The molecule has 1 amide bonds. The molecule has 0 radical (unpaired) electrons. The maximum Gasteiger partial charge on any atom is 0.257 e. The number of carbonyl (C=O) groups is 1. The lowest BCUT2D eigenvalue weighted by molar-refractivity contribution is 0.0715. The molecule has 8 heteroatoms. The van der Waals surface area contributed by atoms with Crippen LogP contribution in [-0.2, 0) is 6.42 Å². The van der Waals surface area contributed by atoms with Crippen LogP contribution >= 0.6 is 11.5 Å². The van der Waals surface area contributed by atoms with Crippen molar-refractivity contribution < 1.29 is 4.79 Å². The Labute approximate surface area is 187 Å². The van der Waals surface area contributed by atoms with Crippen LogP contribution in [-0.4, -0.2) is 75.7 Å². The van der Waals surface area contributed by atoms with Gasteiger partial charge in [-0.25, -0.2) is 0 Å². The molecule has 2 aliphatic heterocycles. The molecular formula is C23H30N6OS. The molecule has 6 rings (SSSR count). The zero-order valence-electron chi connectivity index (χ0n) is 18.2. The highest BCUT2D eigenvalue weighted by Gasteiger charge is 2.34. The topological polar surface area (TPSA) is 57.5 Å². The minimum atomic E-state index is 0.169. The van der Waals surface area contributed by atoms with Crippen molar-refractivity contribution >= 4 is 29.3 Å². The number of aromatic nitrogens is 3. The van der Waals surface area contributed by atoms with Gasteiger partial charge in [-0.3, -0.25) is 14.4 Å². The van der Waals surface area contributed by atoms with Crippen molar-refractivity contribution in [2.75, 3.05) is 50.7 Å². The minimum absolute atomic E-state index is 0.169. The third kappa shape index (κ3) is 3.49. The summed E-state index contributed by atoms with van der Waals surface area (Å²) in [6, 6.07) is 0.543. The number of hydrogen-bond acceptors (Lipinski definition) is 6. The van der Waals surface area contributed by atoms with Crippen LogP contribution in [0.1, 0.15) is 64.6 Å². The van der Waals surface area contributed by atoms with Gasteiger partial charge in [-0.05, 0) is 42.8 Å². The first-order valence-corrected chi connectivity index (χ1v) is 12.5. The van der Waals surface area contributed by atoms with Gasteiger partial charge in [0, 0.05) is 57.8 Å². The first-order chi connectivity index (χ1) is 15.2. The van der Waals surface area contributed by atoms with Gasteiger partial charge >= 0.3 is 0 Å². The van der Waals surface area contributed by atoms with Gasteiger partial charge in [-0.1, -0.05) is 13.0 Å². The molecule has 2 fully saturated rings. The third-order valence-corrected chi connectivity index (χ3v) is 8.09. The summed E-state index contributed by atoms with van der Waals surface area (Å²) in [5.41, 5.74) is 3.44. The highest BCUT2D eigenvalue weighted by molar-refractivity contribution is 7.07. The van der Waals surface area contributed by atoms with Crippen LogP contribution < -0.4 is 4.90 Å². The summed E-state index contributed by atoms with van der Waals surface area (Å²) in [4.78, 5) is 21.3. The van der Waals surface area contributed by atoms with Gasteiger partial charge in [0.1, 0.15) is 5.82 Å². The summed E-state index contributed by atoms with van der Waals surface area (Å²) in [5.74, 6) is 1.94. The van der Waals surface area contributed by atoms with E-state index in [1.165, 1.54) is 29.1 Å². The number of piperazine rings is 1. The molecule has 0 N–H and O–H groups in total. The molecule has 1 saturated carbocycles. The second kappa shape index (κ2) is 7.74. The van der Waals surface area contributed by atoms with Crippen molar-refractivity contribution in [3.8, 4) is 0 Å². The molecule has 0 aromatic carbocycles. The van der Waals surface area contributed by atoms with Crippen LogP contribution in [0.2, 0.25) is 0 Å². The molecule has 7 nitrogen and oxygen atoms in total. The summed E-state index contributed by atoms with van der Waals surface area (Å²) < 4.78 is 6.91. The van der Waals surface area contributed by atoms with E-state index in [4.69, 9.17) is 4.37 Å². The normalized spacial score (nSPS) is 23.9. The number of anilines is 1. The van der Waals surface area contributed by atoms with Gasteiger partial charge in [0.2, 0.25) is 0 Å². The Hall–Kier alpha value is -2.19. The van der Waals surface area contributed by atoms with Crippen LogP contribution in [0, 0.1) is 0 Å². The highest BCUT2D eigenvalue weighted by atomic mass is 32.1. The van der Waals surface area contributed by atoms with E-state index < -0.39 is 0 Å². The SMILES string of the molecule is CC1CC=Cc2snc(N3CCN(CCN4CCc5c(cnn5C5CC5)C4=O)CC3)c21. The quantitative estimate of drug-likeness (QED) is 0.718. The van der Waals surface area contributed by atoms with Gasteiger partial charge in [-0.15, -0.1) is 0 Å². The number of nitrogens with zero attached hydrogens (tertiary/aromatic N) is 6. The standard InChI is InChI=1S/C23H30N6OS/c1-16-3-2-4-20-21(16)22(25-31-20)27-12-9-26(10-13-27)11-14-28-8-7-19-18(23(28)30)15-24-29(19)17-5-6-17/h2,4,15-17H,3,5-14H2,1H3. The fourth-order valence-electron chi connectivity index (χ4n) is 5.23. The van der Waals surface area contributed by atoms with Gasteiger partial charge in [0.05, 0.1) is 28.4 Å². The van der Waals surface area contributed by atoms with Crippen molar-refractivity contribution in [2.24, 2.45) is 0 Å². The zero-order valence-corrected chi connectivity index (χ0v) is 19.0. The maximum absolute atomic E-state index is 13.0. The van der Waals surface area contributed by atoms with Crippen LogP contribution in [0.4, 0.5) is 5.82 Å². The van der Waals surface area contributed by atoms with Crippen LogP contribution in [0.5, 0.6) is 0 Å². The summed E-state index contributed by atoms with van der Waals surface area (Å²) in [6.45, 7) is 8.97. The van der Waals surface area contributed by atoms with E-state index >= 15 is 0 Å². The summed E-state index contributed by atoms with van der Waals surface area (Å²) in [6.07, 6.45) is 10.8. The van der Waals surface area contributed by atoms with Gasteiger partial charge in [-0.2, -0.15) is 9.47 Å².